The second-order valence-electron chi connectivity index (χ2n) is 2.64. The average Bonchev–Trinajstić information content (AvgIpc) is 1.83. The van der Waals surface area contributed by atoms with Crippen LogP contribution in [0.25, 0.3) is 0 Å². The lowest BCUT2D eigenvalue weighted by atomic mass is 10.2. The summed E-state index contributed by atoms with van der Waals surface area (Å²) in [6.07, 6.45) is 1.60. The summed E-state index contributed by atoms with van der Waals surface area (Å²) in [5.41, 5.74) is 0. The highest BCUT2D eigenvalue weighted by Gasteiger charge is 2.28. The van der Waals surface area contributed by atoms with Crippen LogP contribution < -0.4 is 5.84 Å². The van der Waals surface area contributed by atoms with Crippen molar-refractivity contribution in [3.05, 3.63) is 0 Å². The average molecular weight is 164 g/mol. The molecule has 10 heavy (non-hydrogen) atoms. The van der Waals surface area contributed by atoms with Crippen LogP contribution in [0.5, 0.6) is 0 Å². The largest absolute Gasteiger partial charge is 0.255 e. The number of nitrogens with two attached hydrogens (primary N) is 1. The molecule has 0 spiro atoms. The molecule has 0 aromatic carbocycles. The predicted octanol–water partition coefficient (Wildman–Crippen LogP) is -0.326. The summed E-state index contributed by atoms with van der Waals surface area (Å²) in [6.45, 7) is 1.82. The number of sulfonamides is 1. The van der Waals surface area contributed by atoms with Gasteiger partial charge in [-0.25, -0.2) is 8.42 Å². The number of nitrogens with zero attached hydrogens (tertiary/aromatic N) is 1. The highest BCUT2D eigenvalue weighted by molar-refractivity contribution is 7.89. The van der Waals surface area contributed by atoms with E-state index in [4.69, 9.17) is 5.84 Å². The van der Waals surface area contributed by atoms with Gasteiger partial charge in [-0.3, -0.25) is 5.84 Å². The van der Waals surface area contributed by atoms with Crippen molar-refractivity contribution >= 4 is 10.0 Å². The van der Waals surface area contributed by atoms with E-state index in [9.17, 15) is 8.42 Å². The standard InChI is InChI=1S/C5H12N2O2S/c1-5-3-2-4-10(8,9)7(5)6/h5H,2-4,6H2,1H3. The fraction of sp³-hybridized carbons (Fsp3) is 1.00. The van der Waals surface area contributed by atoms with Crippen LogP contribution in [0.3, 0.4) is 0 Å². The van der Waals surface area contributed by atoms with E-state index in [1.807, 2.05) is 6.92 Å². The Morgan fingerprint density at radius 3 is 2.60 bits per heavy atom. The molecule has 1 unspecified atom stereocenters. The minimum Gasteiger partial charge on any atom is -0.255 e. The van der Waals surface area contributed by atoms with E-state index in [0.29, 0.717) is 0 Å². The van der Waals surface area contributed by atoms with E-state index in [1.165, 1.54) is 0 Å². The van der Waals surface area contributed by atoms with Gasteiger partial charge in [-0.1, -0.05) is 0 Å². The third-order valence-electron chi connectivity index (χ3n) is 1.78. The Morgan fingerprint density at radius 2 is 2.20 bits per heavy atom. The summed E-state index contributed by atoms with van der Waals surface area (Å²) in [4.78, 5) is 0. The van der Waals surface area contributed by atoms with Crippen LogP contribution in [0.2, 0.25) is 0 Å². The van der Waals surface area contributed by atoms with E-state index in [0.717, 1.165) is 17.3 Å². The molecule has 5 heteroatoms. The van der Waals surface area contributed by atoms with Crippen molar-refractivity contribution in [1.82, 2.24) is 4.41 Å². The van der Waals surface area contributed by atoms with Gasteiger partial charge in [-0.15, -0.1) is 4.41 Å². The molecule has 0 bridgehead atoms. The van der Waals surface area contributed by atoms with Crippen molar-refractivity contribution in [1.29, 1.82) is 0 Å². The molecule has 0 aromatic rings. The lowest BCUT2D eigenvalue weighted by Gasteiger charge is -2.27. The Morgan fingerprint density at radius 1 is 1.60 bits per heavy atom. The van der Waals surface area contributed by atoms with Crippen molar-refractivity contribution < 1.29 is 8.42 Å². The van der Waals surface area contributed by atoms with Crippen LogP contribution in [-0.2, 0) is 10.0 Å². The molecule has 1 heterocycles. The van der Waals surface area contributed by atoms with Gasteiger partial charge < -0.3 is 0 Å². The second-order valence-corrected chi connectivity index (χ2v) is 4.63. The molecular weight excluding hydrogens is 152 g/mol. The molecule has 0 amide bonds. The molecule has 1 atom stereocenters. The van der Waals surface area contributed by atoms with Gasteiger partial charge >= 0.3 is 0 Å². The highest BCUT2D eigenvalue weighted by Crippen LogP contribution is 2.15. The van der Waals surface area contributed by atoms with Crippen LogP contribution in [0.4, 0.5) is 0 Å². The van der Waals surface area contributed by atoms with E-state index in [1.54, 1.807) is 0 Å². The molecule has 0 radical (unpaired) electrons. The Labute approximate surface area is 61.0 Å². The maximum absolute atomic E-state index is 11.0. The summed E-state index contributed by atoms with van der Waals surface area (Å²) in [6, 6.07) is -0.0289. The van der Waals surface area contributed by atoms with Gasteiger partial charge in [0.1, 0.15) is 0 Å². The molecule has 60 valence electrons. The first kappa shape index (κ1) is 7.97. The van der Waals surface area contributed by atoms with Gasteiger partial charge in [0.05, 0.1) is 5.75 Å². The van der Waals surface area contributed by atoms with E-state index >= 15 is 0 Å². The maximum Gasteiger partial charge on any atom is 0.226 e. The molecule has 1 aliphatic rings. The normalized spacial score (nSPS) is 34.0. The second kappa shape index (κ2) is 2.48. The van der Waals surface area contributed by atoms with Crippen molar-refractivity contribution in [3.8, 4) is 0 Å². The monoisotopic (exact) mass is 164 g/mol. The van der Waals surface area contributed by atoms with Gasteiger partial charge in [0.25, 0.3) is 0 Å². The molecule has 4 nitrogen and oxygen atoms in total. The van der Waals surface area contributed by atoms with Crippen LogP contribution in [-0.4, -0.2) is 24.6 Å². The minimum absolute atomic E-state index is 0.0289. The zero-order chi connectivity index (χ0) is 7.78. The minimum atomic E-state index is -3.10. The summed E-state index contributed by atoms with van der Waals surface area (Å²) < 4.78 is 23.0. The van der Waals surface area contributed by atoms with Crippen molar-refractivity contribution in [2.24, 2.45) is 5.84 Å². The van der Waals surface area contributed by atoms with Crippen molar-refractivity contribution in [2.75, 3.05) is 5.75 Å². The molecule has 1 rings (SSSR count). The molecular formula is C5H12N2O2S. The first-order valence-electron chi connectivity index (χ1n) is 3.31. The van der Waals surface area contributed by atoms with Crippen LogP contribution in [0.15, 0.2) is 0 Å². The summed E-state index contributed by atoms with van der Waals surface area (Å²) in [5.74, 6) is 5.50. The Kier molecular flexibility index (Phi) is 1.98. The van der Waals surface area contributed by atoms with Crippen LogP contribution in [0.1, 0.15) is 19.8 Å². The molecule has 0 aromatic heterocycles. The summed E-state index contributed by atoms with van der Waals surface area (Å²) in [7, 11) is -3.10. The lowest BCUT2D eigenvalue weighted by Crippen LogP contribution is -2.48. The Bertz CT molecular complexity index is 212. The zero-order valence-electron chi connectivity index (χ0n) is 5.95. The molecule has 2 N–H and O–H groups in total. The number of rotatable bonds is 0. The summed E-state index contributed by atoms with van der Waals surface area (Å²) >= 11 is 0. The van der Waals surface area contributed by atoms with Crippen LogP contribution >= 0.6 is 0 Å². The van der Waals surface area contributed by atoms with Gasteiger partial charge in [0, 0.05) is 6.04 Å². The third kappa shape index (κ3) is 1.31. The van der Waals surface area contributed by atoms with Crippen molar-refractivity contribution in [2.45, 2.75) is 25.8 Å². The quantitative estimate of drug-likeness (QED) is 0.499. The molecule has 1 aliphatic heterocycles. The van der Waals surface area contributed by atoms with Gasteiger partial charge in [-0.05, 0) is 19.8 Å². The van der Waals surface area contributed by atoms with Crippen LogP contribution in [0, 0.1) is 0 Å². The SMILES string of the molecule is CC1CCCS(=O)(=O)N1N. The Balaban J connectivity index is 2.80. The molecule has 0 saturated carbocycles. The number of hydrogen-bond acceptors (Lipinski definition) is 3. The number of hydrazine groups is 1. The van der Waals surface area contributed by atoms with Gasteiger partial charge in [-0.2, -0.15) is 0 Å². The first-order valence-corrected chi connectivity index (χ1v) is 4.92. The first-order chi connectivity index (χ1) is 4.54. The highest BCUT2D eigenvalue weighted by atomic mass is 32.2. The molecule has 1 saturated heterocycles. The molecule has 0 aliphatic carbocycles. The third-order valence-corrected chi connectivity index (χ3v) is 3.59. The number of hydrogen-bond donors (Lipinski definition) is 1. The fourth-order valence-electron chi connectivity index (χ4n) is 1.07. The zero-order valence-corrected chi connectivity index (χ0v) is 6.76. The van der Waals surface area contributed by atoms with Gasteiger partial charge in [0.15, 0.2) is 0 Å². The topological polar surface area (TPSA) is 63.4 Å². The summed E-state index contributed by atoms with van der Waals surface area (Å²) in [5, 5.41) is 0. The molecule has 1 fully saturated rings. The smallest absolute Gasteiger partial charge is 0.226 e. The lowest BCUT2D eigenvalue weighted by molar-refractivity contribution is 0.311. The van der Waals surface area contributed by atoms with Gasteiger partial charge in [0.2, 0.25) is 10.0 Å². The maximum atomic E-state index is 11.0. The van der Waals surface area contributed by atoms with E-state index in [-0.39, 0.29) is 11.8 Å². The fourth-order valence-corrected chi connectivity index (χ4v) is 2.46. The van der Waals surface area contributed by atoms with E-state index in [2.05, 4.69) is 0 Å². The predicted molar refractivity (Wildman–Crippen MR) is 38.5 cm³/mol. The van der Waals surface area contributed by atoms with Crippen molar-refractivity contribution in [3.63, 3.8) is 0 Å². The Hall–Kier alpha value is -0.130. The van der Waals surface area contributed by atoms with E-state index < -0.39 is 10.0 Å².